The molecule has 0 unspecified atom stereocenters. The van der Waals surface area contributed by atoms with E-state index < -0.39 is 27.4 Å². The van der Waals surface area contributed by atoms with Crippen molar-refractivity contribution in [3.8, 4) is 12.3 Å². The summed E-state index contributed by atoms with van der Waals surface area (Å²) in [6.45, 7) is 0.290. The second kappa shape index (κ2) is 5.34. The van der Waals surface area contributed by atoms with Crippen molar-refractivity contribution in [1.82, 2.24) is 9.29 Å². The summed E-state index contributed by atoms with van der Waals surface area (Å²) >= 11 is 0.500. The maximum atomic E-state index is 12.1. The number of terminal acetylenes is 1. The van der Waals surface area contributed by atoms with E-state index >= 15 is 0 Å². The number of aryl methyl sites for hydroxylation is 1. The third kappa shape index (κ3) is 2.98. The number of carboxylic acid groups (broad SMARTS) is 1. The van der Waals surface area contributed by atoms with Crippen LogP contribution >= 0.6 is 11.3 Å². The van der Waals surface area contributed by atoms with Crippen LogP contribution in [0.25, 0.3) is 0 Å². The van der Waals surface area contributed by atoms with Gasteiger partial charge in [-0.1, -0.05) is 17.3 Å². The summed E-state index contributed by atoms with van der Waals surface area (Å²) in [5, 5.41) is 8.65. The van der Waals surface area contributed by atoms with Gasteiger partial charge in [0, 0.05) is 5.69 Å². The number of hydrogen-bond donors (Lipinski definition) is 2. The summed E-state index contributed by atoms with van der Waals surface area (Å²) in [4.78, 5) is 23.5. The highest BCUT2D eigenvalue weighted by Crippen LogP contribution is 2.20. The summed E-state index contributed by atoms with van der Waals surface area (Å²) in [6.07, 6.45) is 5.01. The maximum absolute atomic E-state index is 12.1. The monoisotopic (exact) mass is 290 g/mol. The highest BCUT2D eigenvalue weighted by molar-refractivity contribution is 7.91. The summed E-state index contributed by atoms with van der Waals surface area (Å²) in [6, 6.07) is 0. The number of hydrogen-bond acceptors (Lipinski definition) is 5. The number of nitrogens with one attached hydrogen (secondary N) is 1. The van der Waals surface area contributed by atoms with Gasteiger partial charge >= 0.3 is 10.8 Å². The first kappa shape index (κ1) is 14.4. The maximum Gasteiger partial charge on any atom is 0.318 e. The Kier molecular flexibility index (Phi) is 4.28. The van der Waals surface area contributed by atoms with Gasteiger partial charge in [0.1, 0.15) is 6.54 Å². The van der Waals surface area contributed by atoms with Gasteiger partial charge < -0.3 is 10.1 Å². The van der Waals surface area contributed by atoms with Crippen LogP contribution in [0.2, 0.25) is 0 Å². The number of sulfonamides is 1. The lowest BCUT2D eigenvalue weighted by Gasteiger charge is -2.16. The second-order valence-electron chi connectivity index (χ2n) is 3.30. The molecule has 98 valence electrons. The number of carbonyl (C=O) groups is 1. The molecule has 1 aromatic heterocycles. The molecule has 2 N–H and O–H groups in total. The molecule has 0 atom stereocenters. The van der Waals surface area contributed by atoms with E-state index in [1.54, 1.807) is 0 Å². The number of aliphatic carboxylic acids is 1. The van der Waals surface area contributed by atoms with Crippen LogP contribution < -0.4 is 4.87 Å². The standard InChI is InChI=1S/C9H10N2O5S2/c1-3-4-11(5-7(12)13)18(15,16)8-6(2)10-9(14)17-8/h1H,4-5H2,2H3,(H,10,14)(H,12,13). The molecular formula is C9H10N2O5S2. The number of thiazole rings is 1. The molecular weight excluding hydrogens is 280 g/mol. The third-order valence-corrected chi connectivity index (χ3v) is 5.31. The Hall–Kier alpha value is -1.63. The van der Waals surface area contributed by atoms with Crippen LogP contribution in [0.1, 0.15) is 5.69 Å². The molecule has 0 saturated carbocycles. The second-order valence-corrected chi connectivity index (χ2v) is 6.41. The summed E-state index contributed by atoms with van der Waals surface area (Å²) < 4.78 is 24.6. The minimum atomic E-state index is -4.07. The average Bonchev–Trinajstić information content (AvgIpc) is 2.57. The molecule has 1 aromatic rings. The molecule has 0 fully saturated rings. The van der Waals surface area contributed by atoms with E-state index in [0.29, 0.717) is 15.6 Å². The number of carboxylic acids is 1. The summed E-state index contributed by atoms with van der Waals surface area (Å²) in [7, 11) is -4.07. The molecule has 1 heterocycles. The Morgan fingerprint density at radius 2 is 2.22 bits per heavy atom. The molecule has 0 aliphatic rings. The van der Waals surface area contributed by atoms with Gasteiger partial charge in [0.25, 0.3) is 10.0 Å². The molecule has 18 heavy (non-hydrogen) atoms. The topological polar surface area (TPSA) is 108 Å². The molecule has 0 saturated heterocycles. The van der Waals surface area contributed by atoms with Crippen molar-refractivity contribution in [2.45, 2.75) is 11.1 Å². The predicted molar refractivity (Wildman–Crippen MR) is 64.9 cm³/mol. The minimum absolute atomic E-state index is 0.164. The Labute approximate surface area is 107 Å². The number of rotatable bonds is 5. The van der Waals surface area contributed by atoms with Gasteiger partial charge in [-0.05, 0) is 6.92 Å². The fourth-order valence-corrected chi connectivity index (χ4v) is 3.97. The van der Waals surface area contributed by atoms with Crippen molar-refractivity contribution in [3.05, 3.63) is 15.4 Å². The van der Waals surface area contributed by atoms with Crippen molar-refractivity contribution in [1.29, 1.82) is 0 Å². The molecule has 0 aliphatic heterocycles. The van der Waals surface area contributed by atoms with Crippen LogP contribution in [0.4, 0.5) is 0 Å². The number of nitrogens with zero attached hydrogens (tertiary/aromatic N) is 1. The first-order valence-electron chi connectivity index (χ1n) is 4.64. The Morgan fingerprint density at radius 1 is 1.61 bits per heavy atom. The van der Waals surface area contributed by atoms with Crippen molar-refractivity contribution in [2.75, 3.05) is 13.1 Å². The van der Waals surface area contributed by atoms with Crippen LogP contribution in [0.15, 0.2) is 9.00 Å². The van der Waals surface area contributed by atoms with E-state index in [4.69, 9.17) is 11.5 Å². The zero-order valence-electron chi connectivity index (χ0n) is 9.34. The zero-order valence-corrected chi connectivity index (χ0v) is 11.0. The minimum Gasteiger partial charge on any atom is -0.480 e. The number of aromatic nitrogens is 1. The highest BCUT2D eigenvalue weighted by atomic mass is 32.2. The molecule has 0 amide bonds. The average molecular weight is 290 g/mol. The SMILES string of the molecule is C#CCN(CC(=O)O)S(=O)(=O)c1sc(=O)[nH]c1C. The fraction of sp³-hybridized carbons (Fsp3) is 0.333. The van der Waals surface area contributed by atoms with E-state index in [-0.39, 0.29) is 16.4 Å². The zero-order chi connectivity index (χ0) is 13.9. The van der Waals surface area contributed by atoms with E-state index in [2.05, 4.69) is 10.9 Å². The van der Waals surface area contributed by atoms with Gasteiger partial charge in [-0.3, -0.25) is 9.59 Å². The molecule has 0 spiro atoms. The Balaban J connectivity index is 3.25. The fourth-order valence-electron chi connectivity index (χ4n) is 1.23. The third-order valence-electron chi connectivity index (χ3n) is 1.93. The smallest absolute Gasteiger partial charge is 0.318 e. The summed E-state index contributed by atoms with van der Waals surface area (Å²) in [5.41, 5.74) is 0.164. The van der Waals surface area contributed by atoms with Crippen molar-refractivity contribution in [3.63, 3.8) is 0 Å². The first-order valence-corrected chi connectivity index (χ1v) is 6.89. The van der Waals surface area contributed by atoms with Crippen molar-refractivity contribution >= 4 is 27.3 Å². The lowest BCUT2D eigenvalue weighted by Crippen LogP contribution is -2.35. The first-order chi connectivity index (χ1) is 8.28. The quantitative estimate of drug-likeness (QED) is 0.708. The molecule has 0 radical (unpaired) electrons. The van der Waals surface area contributed by atoms with Crippen molar-refractivity contribution in [2.24, 2.45) is 0 Å². The van der Waals surface area contributed by atoms with E-state index in [1.807, 2.05) is 0 Å². The largest absolute Gasteiger partial charge is 0.480 e. The van der Waals surface area contributed by atoms with E-state index in [9.17, 15) is 18.0 Å². The molecule has 0 bridgehead atoms. The van der Waals surface area contributed by atoms with Crippen LogP contribution in [-0.4, -0.2) is 41.9 Å². The van der Waals surface area contributed by atoms with E-state index in [0.717, 1.165) is 0 Å². The molecule has 1 rings (SSSR count). The van der Waals surface area contributed by atoms with Gasteiger partial charge in [-0.2, -0.15) is 4.31 Å². The molecule has 7 nitrogen and oxygen atoms in total. The van der Waals surface area contributed by atoms with Crippen LogP contribution in [0.5, 0.6) is 0 Å². The van der Waals surface area contributed by atoms with Gasteiger partial charge in [-0.25, -0.2) is 8.42 Å². The lowest BCUT2D eigenvalue weighted by molar-refractivity contribution is -0.137. The van der Waals surface area contributed by atoms with Gasteiger partial charge in [0.15, 0.2) is 4.21 Å². The normalized spacial score (nSPS) is 11.4. The number of aromatic amines is 1. The highest BCUT2D eigenvalue weighted by Gasteiger charge is 2.29. The Bertz CT molecular complexity index is 649. The molecule has 0 aliphatic carbocycles. The van der Waals surface area contributed by atoms with E-state index in [1.165, 1.54) is 6.92 Å². The van der Waals surface area contributed by atoms with Gasteiger partial charge in [-0.15, -0.1) is 6.42 Å². The molecule has 0 aromatic carbocycles. The van der Waals surface area contributed by atoms with Crippen LogP contribution in [-0.2, 0) is 14.8 Å². The predicted octanol–water partition coefficient (Wildman–Crippen LogP) is -0.547. The van der Waals surface area contributed by atoms with Crippen molar-refractivity contribution < 1.29 is 18.3 Å². The Morgan fingerprint density at radius 3 is 2.61 bits per heavy atom. The summed E-state index contributed by atoms with van der Waals surface area (Å²) in [5.74, 6) is 0.750. The lowest BCUT2D eigenvalue weighted by atomic mass is 10.6. The van der Waals surface area contributed by atoms with Gasteiger partial charge in [0.2, 0.25) is 0 Å². The number of H-pyrrole nitrogens is 1. The van der Waals surface area contributed by atoms with Gasteiger partial charge in [0.05, 0.1) is 6.54 Å². The molecule has 9 heteroatoms. The van der Waals surface area contributed by atoms with Crippen LogP contribution in [0, 0.1) is 19.3 Å². The van der Waals surface area contributed by atoms with Crippen LogP contribution in [0.3, 0.4) is 0 Å².